The molecule has 5 nitrogen and oxygen atoms in total. The molecule has 0 aliphatic carbocycles. The number of non-ortho nitro benzene ring substituents is 1. The summed E-state index contributed by atoms with van der Waals surface area (Å²) in [6.45, 7) is 0. The zero-order chi connectivity index (χ0) is 15.7. The van der Waals surface area contributed by atoms with Crippen molar-refractivity contribution in [2.24, 2.45) is 0 Å². The molecule has 0 bridgehead atoms. The number of benzene rings is 3. The van der Waals surface area contributed by atoms with E-state index in [1.54, 1.807) is 37.4 Å². The highest BCUT2D eigenvalue weighted by Crippen LogP contribution is 2.38. The van der Waals surface area contributed by atoms with Gasteiger partial charge in [0.1, 0.15) is 5.75 Å². The molecule has 2 N–H and O–H groups in total. The lowest BCUT2D eigenvalue weighted by Gasteiger charge is -2.11. The molecule has 0 radical (unpaired) electrons. The van der Waals surface area contributed by atoms with Crippen molar-refractivity contribution in [2.45, 2.75) is 0 Å². The Kier molecular flexibility index (Phi) is 3.39. The monoisotopic (exact) mass is 294 g/mol. The highest BCUT2D eigenvalue weighted by Gasteiger charge is 2.18. The first kappa shape index (κ1) is 13.9. The third-order valence-corrected chi connectivity index (χ3v) is 3.66. The van der Waals surface area contributed by atoms with Crippen LogP contribution in [0.4, 0.5) is 11.4 Å². The molecule has 5 heteroatoms. The Morgan fingerprint density at radius 2 is 1.68 bits per heavy atom. The summed E-state index contributed by atoms with van der Waals surface area (Å²) in [6.07, 6.45) is 0. The minimum absolute atomic E-state index is 0.0515. The van der Waals surface area contributed by atoms with Crippen molar-refractivity contribution in [3.05, 3.63) is 64.7 Å². The lowest BCUT2D eigenvalue weighted by Crippen LogP contribution is -1.97. The van der Waals surface area contributed by atoms with E-state index in [4.69, 9.17) is 10.5 Å². The number of nitrogens with zero attached hydrogens (tertiary/aromatic N) is 1. The van der Waals surface area contributed by atoms with Crippen molar-refractivity contribution < 1.29 is 9.66 Å². The molecule has 0 heterocycles. The quantitative estimate of drug-likeness (QED) is 0.450. The fourth-order valence-corrected chi connectivity index (χ4v) is 2.54. The van der Waals surface area contributed by atoms with Crippen molar-refractivity contribution >= 4 is 22.1 Å². The average molecular weight is 294 g/mol. The molecule has 110 valence electrons. The summed E-state index contributed by atoms with van der Waals surface area (Å²) in [6, 6.07) is 15.9. The van der Waals surface area contributed by atoms with Gasteiger partial charge in [-0.05, 0) is 23.8 Å². The van der Waals surface area contributed by atoms with Crippen LogP contribution < -0.4 is 10.5 Å². The maximum Gasteiger partial charge on any atom is 0.277 e. The molecular formula is C17H14N2O3. The number of nitrogens with two attached hydrogens (primary N) is 1. The molecule has 22 heavy (non-hydrogen) atoms. The molecule has 0 aliphatic heterocycles. The maximum absolute atomic E-state index is 11.4. The van der Waals surface area contributed by atoms with Crippen LogP contribution in [-0.2, 0) is 0 Å². The molecule has 3 aromatic rings. The van der Waals surface area contributed by atoms with Gasteiger partial charge in [0.25, 0.3) is 5.69 Å². The first-order valence-electron chi connectivity index (χ1n) is 6.72. The first-order valence-corrected chi connectivity index (χ1v) is 6.72. The Labute approximate surface area is 127 Å². The summed E-state index contributed by atoms with van der Waals surface area (Å²) < 4.78 is 5.13. The predicted octanol–water partition coefficient (Wildman–Crippen LogP) is 4.01. The van der Waals surface area contributed by atoms with E-state index >= 15 is 0 Å². The predicted molar refractivity (Wildman–Crippen MR) is 87.0 cm³/mol. The molecule has 0 aliphatic rings. The van der Waals surface area contributed by atoms with Crippen LogP contribution in [0.1, 0.15) is 0 Å². The van der Waals surface area contributed by atoms with Gasteiger partial charge >= 0.3 is 0 Å². The SMILES string of the molecule is COc1ccc(-c2cc([N+](=O)[O-])c3ccccc3c2N)cc1. The maximum atomic E-state index is 11.4. The number of fused-ring (bicyclic) bond motifs is 1. The number of nitro groups is 1. The van der Waals surface area contributed by atoms with Crippen molar-refractivity contribution in [3.63, 3.8) is 0 Å². The van der Waals surface area contributed by atoms with Crippen LogP contribution in [0.2, 0.25) is 0 Å². The number of nitrogen functional groups attached to an aromatic ring is 1. The standard InChI is InChI=1S/C17H14N2O3/c1-22-12-8-6-11(7-9-12)15-10-16(19(20)21)13-4-2-3-5-14(13)17(15)18/h2-10H,18H2,1H3. The smallest absolute Gasteiger partial charge is 0.277 e. The number of methoxy groups -OCH3 is 1. The van der Waals surface area contributed by atoms with Crippen LogP contribution in [0, 0.1) is 10.1 Å². The van der Waals surface area contributed by atoms with E-state index in [1.807, 2.05) is 18.2 Å². The zero-order valence-corrected chi connectivity index (χ0v) is 11.9. The van der Waals surface area contributed by atoms with Gasteiger partial charge in [0.05, 0.1) is 17.4 Å². The summed E-state index contributed by atoms with van der Waals surface area (Å²) in [5.41, 5.74) is 8.28. The normalized spacial score (nSPS) is 10.6. The second-order valence-electron chi connectivity index (χ2n) is 4.89. The first-order chi connectivity index (χ1) is 10.6. The molecule has 3 rings (SSSR count). The Morgan fingerprint density at radius 3 is 2.27 bits per heavy atom. The summed E-state index contributed by atoms with van der Waals surface area (Å²) in [4.78, 5) is 11.0. The Bertz CT molecular complexity index is 858. The number of rotatable bonds is 3. The van der Waals surface area contributed by atoms with Gasteiger partial charge in [0.15, 0.2) is 0 Å². The van der Waals surface area contributed by atoms with Gasteiger partial charge in [-0.2, -0.15) is 0 Å². The number of anilines is 1. The Morgan fingerprint density at radius 1 is 1.05 bits per heavy atom. The topological polar surface area (TPSA) is 78.4 Å². The lowest BCUT2D eigenvalue weighted by molar-refractivity contribution is -0.383. The molecular weight excluding hydrogens is 280 g/mol. The van der Waals surface area contributed by atoms with E-state index in [2.05, 4.69) is 0 Å². The molecule has 0 fully saturated rings. The van der Waals surface area contributed by atoms with Gasteiger partial charge in [0.2, 0.25) is 0 Å². The Balaban J connectivity index is 2.29. The lowest BCUT2D eigenvalue weighted by atomic mass is 9.97. The molecule has 0 spiro atoms. The minimum atomic E-state index is -0.380. The van der Waals surface area contributed by atoms with Crippen molar-refractivity contribution in [3.8, 4) is 16.9 Å². The zero-order valence-electron chi connectivity index (χ0n) is 11.9. The summed E-state index contributed by atoms with van der Waals surface area (Å²) in [7, 11) is 1.59. The highest BCUT2D eigenvalue weighted by molar-refractivity contribution is 6.05. The van der Waals surface area contributed by atoms with Crippen LogP contribution in [-0.4, -0.2) is 12.0 Å². The van der Waals surface area contributed by atoms with Gasteiger partial charge in [-0.25, -0.2) is 0 Å². The molecule has 0 saturated heterocycles. The molecule has 0 atom stereocenters. The van der Waals surface area contributed by atoms with Gasteiger partial charge in [-0.3, -0.25) is 10.1 Å². The van der Waals surface area contributed by atoms with Gasteiger partial charge in [0, 0.05) is 22.7 Å². The van der Waals surface area contributed by atoms with E-state index in [0.717, 1.165) is 11.3 Å². The van der Waals surface area contributed by atoms with Crippen LogP contribution in [0.3, 0.4) is 0 Å². The van der Waals surface area contributed by atoms with Crippen molar-refractivity contribution in [2.75, 3.05) is 12.8 Å². The fourth-order valence-electron chi connectivity index (χ4n) is 2.54. The van der Waals surface area contributed by atoms with Gasteiger partial charge < -0.3 is 10.5 Å². The Hall–Kier alpha value is -3.08. The largest absolute Gasteiger partial charge is 0.497 e. The number of hydrogen-bond acceptors (Lipinski definition) is 4. The minimum Gasteiger partial charge on any atom is -0.497 e. The third kappa shape index (κ3) is 2.22. The second kappa shape index (κ2) is 5.37. The van der Waals surface area contributed by atoms with E-state index < -0.39 is 0 Å². The summed E-state index contributed by atoms with van der Waals surface area (Å²) >= 11 is 0. The van der Waals surface area contributed by atoms with E-state index in [0.29, 0.717) is 22.0 Å². The second-order valence-corrected chi connectivity index (χ2v) is 4.89. The van der Waals surface area contributed by atoms with E-state index in [-0.39, 0.29) is 10.6 Å². The van der Waals surface area contributed by atoms with E-state index in [1.165, 1.54) is 6.07 Å². The number of ether oxygens (including phenoxy) is 1. The van der Waals surface area contributed by atoms with Crippen LogP contribution in [0.15, 0.2) is 54.6 Å². The van der Waals surface area contributed by atoms with Gasteiger partial charge in [-0.15, -0.1) is 0 Å². The van der Waals surface area contributed by atoms with Crippen LogP contribution in [0.5, 0.6) is 5.75 Å². The molecule has 0 aromatic heterocycles. The molecule has 0 saturated carbocycles. The van der Waals surface area contributed by atoms with E-state index in [9.17, 15) is 10.1 Å². The summed E-state index contributed by atoms with van der Waals surface area (Å²) in [5, 5.41) is 12.6. The molecule has 3 aromatic carbocycles. The fraction of sp³-hybridized carbons (Fsp3) is 0.0588. The summed E-state index contributed by atoms with van der Waals surface area (Å²) in [5.74, 6) is 0.720. The van der Waals surface area contributed by atoms with Crippen molar-refractivity contribution in [1.82, 2.24) is 0 Å². The number of nitro benzene ring substituents is 1. The molecule has 0 amide bonds. The third-order valence-electron chi connectivity index (χ3n) is 3.66. The average Bonchev–Trinajstić information content (AvgIpc) is 2.55. The highest BCUT2D eigenvalue weighted by atomic mass is 16.6. The molecule has 0 unspecified atom stereocenters. The van der Waals surface area contributed by atoms with Crippen molar-refractivity contribution in [1.29, 1.82) is 0 Å². The van der Waals surface area contributed by atoms with Gasteiger partial charge in [-0.1, -0.05) is 30.3 Å². The van der Waals surface area contributed by atoms with Crippen LogP contribution >= 0.6 is 0 Å². The van der Waals surface area contributed by atoms with Crippen LogP contribution in [0.25, 0.3) is 21.9 Å². The number of hydrogen-bond donors (Lipinski definition) is 1.